The summed E-state index contributed by atoms with van der Waals surface area (Å²) in [7, 11) is 0. The Bertz CT molecular complexity index is 5510. The summed E-state index contributed by atoms with van der Waals surface area (Å²) in [4.78, 5) is 0. The van der Waals surface area contributed by atoms with Gasteiger partial charge in [-0.2, -0.15) is 0 Å². The van der Waals surface area contributed by atoms with E-state index in [4.69, 9.17) is 0 Å². The molecule has 0 N–H and O–H groups in total. The van der Waals surface area contributed by atoms with Gasteiger partial charge in [0.25, 0.3) is 0 Å². The standard InChI is InChI=1S/C83H50N2/c1-3-22-53(23-4-1)84-75-42-17-13-28-59(75)70-48-51(44-46-77(70)84)55-34-19-36-62-68(55)50-69-56(52-45-47-78-71(49-52)60-29-14-18-43-76(60)85(78)54-24-5-2-6-25-54)35-20-37-63(69)79(62)67-38-21-41-74-80(67)65-32-11-15-39-72(65)83(74)73-40-16-12-33-66(73)81-61-30-9-7-26-57(61)58-27-8-10-31-64(58)82(81)83/h1-50H. The summed E-state index contributed by atoms with van der Waals surface area (Å²) in [5.74, 6) is 0. The van der Waals surface area contributed by atoms with Gasteiger partial charge in [-0.1, -0.05) is 237 Å². The summed E-state index contributed by atoms with van der Waals surface area (Å²) >= 11 is 0. The molecule has 2 heteroatoms. The van der Waals surface area contributed by atoms with E-state index >= 15 is 0 Å². The van der Waals surface area contributed by atoms with Crippen molar-refractivity contribution in [3.05, 3.63) is 326 Å². The summed E-state index contributed by atoms with van der Waals surface area (Å²) < 4.78 is 4.83. The van der Waals surface area contributed by atoms with Crippen LogP contribution in [0, 0.1) is 0 Å². The first-order valence-corrected chi connectivity index (χ1v) is 29.7. The highest BCUT2D eigenvalue weighted by Crippen LogP contribution is 2.67. The Labute approximate surface area is 491 Å². The number of aromatic nitrogens is 2. The summed E-state index contributed by atoms with van der Waals surface area (Å²) in [6.07, 6.45) is 0. The lowest BCUT2D eigenvalue weighted by molar-refractivity contribution is 0.802. The highest BCUT2D eigenvalue weighted by atomic mass is 15.0. The van der Waals surface area contributed by atoms with Gasteiger partial charge in [0.05, 0.1) is 27.5 Å². The number of benzene rings is 15. The zero-order valence-electron chi connectivity index (χ0n) is 46.3. The van der Waals surface area contributed by atoms with Crippen molar-refractivity contribution in [3.8, 4) is 67.0 Å². The zero-order chi connectivity index (χ0) is 55.5. The number of para-hydroxylation sites is 4. The van der Waals surface area contributed by atoms with E-state index in [1.807, 2.05) is 0 Å². The van der Waals surface area contributed by atoms with Crippen molar-refractivity contribution in [2.75, 3.05) is 0 Å². The molecule has 2 aliphatic carbocycles. The lowest BCUT2D eigenvalue weighted by atomic mass is 9.69. The minimum atomic E-state index is -0.586. The van der Waals surface area contributed by atoms with Gasteiger partial charge in [-0.3, -0.25) is 0 Å². The molecule has 1 spiro atoms. The molecular formula is C83H50N2. The first-order chi connectivity index (χ1) is 42.2. The molecule has 19 rings (SSSR count). The van der Waals surface area contributed by atoms with E-state index < -0.39 is 5.41 Å². The summed E-state index contributed by atoms with van der Waals surface area (Å²) in [5.41, 5.74) is 24.4. The van der Waals surface area contributed by atoms with Gasteiger partial charge in [-0.25, -0.2) is 0 Å². The molecule has 15 aromatic carbocycles. The van der Waals surface area contributed by atoms with Crippen LogP contribution in [0.1, 0.15) is 22.3 Å². The molecule has 85 heavy (non-hydrogen) atoms. The number of fused-ring (bicyclic) bond motifs is 23. The van der Waals surface area contributed by atoms with E-state index in [-0.39, 0.29) is 0 Å². The third kappa shape index (κ3) is 6.22. The lowest BCUT2D eigenvalue weighted by Gasteiger charge is -2.32. The molecule has 1 unspecified atom stereocenters. The van der Waals surface area contributed by atoms with Crippen LogP contribution in [0.3, 0.4) is 0 Å². The SMILES string of the molecule is c1ccc(-n2c3ccccc3c3cc(-c4cccc5c(-c6cccc7c6-c6ccccc6C76c7ccccc7-c7c6c6ccccc6c6ccccc76)c6cccc(-c7ccc8c(c7)c7ccccc7n8-c7ccccc7)c6cc45)ccc32)cc1. The minimum absolute atomic E-state index is 0.586. The second-order valence-corrected chi connectivity index (χ2v) is 23.3. The molecule has 1 atom stereocenters. The maximum atomic E-state index is 2.52. The lowest BCUT2D eigenvalue weighted by Crippen LogP contribution is -2.26. The number of rotatable bonds is 5. The second-order valence-electron chi connectivity index (χ2n) is 23.3. The maximum Gasteiger partial charge on any atom is 0.0731 e. The van der Waals surface area contributed by atoms with Crippen LogP contribution in [-0.2, 0) is 5.41 Å². The molecule has 0 radical (unpaired) electrons. The Kier molecular flexibility index (Phi) is 9.57. The Morgan fingerprint density at radius 1 is 0.200 bits per heavy atom. The summed E-state index contributed by atoms with van der Waals surface area (Å²) in [5, 5.41) is 15.0. The van der Waals surface area contributed by atoms with E-state index in [0.717, 1.165) is 11.4 Å². The average Bonchev–Trinajstić information content (AvgIpc) is 1.60. The van der Waals surface area contributed by atoms with Gasteiger partial charge in [0.15, 0.2) is 0 Å². The van der Waals surface area contributed by atoms with Gasteiger partial charge in [0, 0.05) is 32.9 Å². The van der Waals surface area contributed by atoms with Crippen molar-refractivity contribution in [1.82, 2.24) is 9.13 Å². The monoisotopic (exact) mass is 1070 g/mol. The van der Waals surface area contributed by atoms with Crippen LogP contribution in [0.4, 0.5) is 0 Å². The highest BCUT2D eigenvalue weighted by molar-refractivity contribution is 6.24. The zero-order valence-corrected chi connectivity index (χ0v) is 46.3. The van der Waals surface area contributed by atoms with E-state index in [1.54, 1.807) is 0 Å². The van der Waals surface area contributed by atoms with E-state index in [9.17, 15) is 0 Å². The summed E-state index contributed by atoms with van der Waals surface area (Å²) in [6.45, 7) is 0. The molecule has 2 nitrogen and oxygen atoms in total. The van der Waals surface area contributed by atoms with Crippen molar-refractivity contribution < 1.29 is 0 Å². The molecule has 0 saturated heterocycles. The Morgan fingerprint density at radius 3 is 1.14 bits per heavy atom. The van der Waals surface area contributed by atoms with Gasteiger partial charge < -0.3 is 9.13 Å². The van der Waals surface area contributed by atoms with Gasteiger partial charge in [-0.05, 0) is 188 Å². The highest BCUT2D eigenvalue weighted by Gasteiger charge is 2.53. The molecule has 2 aromatic heterocycles. The Hall–Kier alpha value is -11.1. The van der Waals surface area contributed by atoms with Crippen LogP contribution in [0.5, 0.6) is 0 Å². The van der Waals surface area contributed by atoms with Crippen molar-refractivity contribution in [2.24, 2.45) is 0 Å². The fraction of sp³-hybridized carbons (Fsp3) is 0.0120. The van der Waals surface area contributed by atoms with Crippen molar-refractivity contribution in [2.45, 2.75) is 5.41 Å². The fourth-order valence-electron chi connectivity index (χ4n) is 16.0. The van der Waals surface area contributed by atoms with Crippen molar-refractivity contribution in [1.29, 1.82) is 0 Å². The van der Waals surface area contributed by atoms with Gasteiger partial charge in [0.1, 0.15) is 0 Å². The maximum absolute atomic E-state index is 2.52. The predicted octanol–water partition coefficient (Wildman–Crippen LogP) is 21.8. The number of hydrogen-bond donors (Lipinski definition) is 0. The Morgan fingerprint density at radius 2 is 0.576 bits per heavy atom. The largest absolute Gasteiger partial charge is 0.309 e. The molecule has 2 heterocycles. The number of nitrogens with zero attached hydrogens (tertiary/aromatic N) is 2. The van der Waals surface area contributed by atoms with Crippen LogP contribution in [0.2, 0.25) is 0 Å². The topological polar surface area (TPSA) is 9.86 Å². The van der Waals surface area contributed by atoms with Crippen LogP contribution >= 0.6 is 0 Å². The number of hydrogen-bond acceptors (Lipinski definition) is 0. The smallest absolute Gasteiger partial charge is 0.0731 e. The molecule has 392 valence electrons. The predicted molar refractivity (Wildman–Crippen MR) is 358 cm³/mol. The van der Waals surface area contributed by atoms with Gasteiger partial charge >= 0.3 is 0 Å². The molecule has 2 aliphatic rings. The molecule has 0 fully saturated rings. The van der Waals surface area contributed by atoms with Crippen LogP contribution < -0.4 is 0 Å². The van der Waals surface area contributed by atoms with E-state index in [2.05, 4.69) is 312 Å². The normalized spacial score (nSPS) is 14.2. The molecule has 0 aliphatic heterocycles. The van der Waals surface area contributed by atoms with E-state index in [0.29, 0.717) is 0 Å². The molecule has 0 saturated carbocycles. The summed E-state index contributed by atoms with van der Waals surface area (Å²) in [6, 6.07) is 114. The van der Waals surface area contributed by atoms with Gasteiger partial charge in [0.2, 0.25) is 0 Å². The molecule has 0 bridgehead atoms. The third-order valence-corrected chi connectivity index (χ3v) is 19.3. The first kappa shape index (κ1) is 46.5. The second kappa shape index (κ2) is 17.5. The van der Waals surface area contributed by atoms with Crippen LogP contribution in [0.15, 0.2) is 303 Å². The van der Waals surface area contributed by atoms with Crippen molar-refractivity contribution >= 4 is 86.7 Å². The quantitative estimate of drug-likeness (QED) is 0.120. The van der Waals surface area contributed by atoms with Crippen LogP contribution in [-0.4, -0.2) is 9.13 Å². The minimum Gasteiger partial charge on any atom is -0.309 e. The van der Waals surface area contributed by atoms with Crippen LogP contribution in [0.25, 0.3) is 154 Å². The molecule has 0 amide bonds. The average molecular weight is 1080 g/mol. The third-order valence-electron chi connectivity index (χ3n) is 19.3. The van der Waals surface area contributed by atoms with Crippen molar-refractivity contribution in [3.63, 3.8) is 0 Å². The molecule has 17 aromatic rings. The first-order valence-electron chi connectivity index (χ1n) is 29.7. The molecular weight excluding hydrogens is 1020 g/mol. The van der Waals surface area contributed by atoms with Gasteiger partial charge in [-0.15, -0.1) is 0 Å². The Balaban J connectivity index is 0.923. The fourth-order valence-corrected chi connectivity index (χ4v) is 16.0. The van der Waals surface area contributed by atoms with E-state index in [1.165, 1.54) is 165 Å².